The van der Waals surface area contributed by atoms with Crippen LogP contribution in [0.2, 0.25) is 0 Å². The average Bonchev–Trinajstić information content (AvgIpc) is 3.01. The van der Waals surface area contributed by atoms with Gasteiger partial charge in [-0.05, 0) is 68.1 Å². The van der Waals surface area contributed by atoms with Crippen LogP contribution in [0.1, 0.15) is 49.8 Å². The van der Waals surface area contributed by atoms with Crippen LogP contribution in [-0.2, 0) is 9.57 Å². The van der Waals surface area contributed by atoms with E-state index in [1.54, 1.807) is 31.4 Å². The van der Waals surface area contributed by atoms with Gasteiger partial charge in [-0.1, -0.05) is 36.3 Å². The summed E-state index contributed by atoms with van der Waals surface area (Å²) in [7, 11) is 3.76. The van der Waals surface area contributed by atoms with E-state index >= 15 is 0 Å². The van der Waals surface area contributed by atoms with Gasteiger partial charge >= 0.3 is 0 Å². The summed E-state index contributed by atoms with van der Waals surface area (Å²) in [5.74, 6) is -0.480. The second-order valence-electron chi connectivity index (χ2n) is 8.50. The predicted octanol–water partition coefficient (Wildman–Crippen LogP) is 5.33. The van der Waals surface area contributed by atoms with E-state index in [1.807, 2.05) is 0 Å². The van der Waals surface area contributed by atoms with Crippen molar-refractivity contribution in [2.24, 2.45) is 11.1 Å². The monoisotopic (exact) mass is 428 g/mol. The van der Waals surface area contributed by atoms with Crippen LogP contribution in [0.3, 0.4) is 0 Å². The fourth-order valence-corrected chi connectivity index (χ4v) is 5.28. The van der Waals surface area contributed by atoms with Gasteiger partial charge in [0.25, 0.3) is 0 Å². The van der Waals surface area contributed by atoms with Gasteiger partial charge in [-0.2, -0.15) is 0 Å². The van der Waals surface area contributed by atoms with Crippen LogP contribution in [0.25, 0.3) is 0 Å². The van der Waals surface area contributed by atoms with Crippen molar-refractivity contribution in [3.05, 3.63) is 71.3 Å². The molecule has 0 N–H and O–H groups in total. The third-order valence-corrected chi connectivity index (χ3v) is 6.83. The first-order valence-corrected chi connectivity index (χ1v) is 11.0. The van der Waals surface area contributed by atoms with Crippen molar-refractivity contribution in [3.8, 4) is 0 Å². The summed E-state index contributed by atoms with van der Waals surface area (Å²) < 4.78 is 34.0. The van der Waals surface area contributed by atoms with E-state index in [2.05, 4.69) is 24.0 Å². The van der Waals surface area contributed by atoms with E-state index < -0.39 is 6.10 Å². The maximum Gasteiger partial charge on any atom is 0.123 e. The van der Waals surface area contributed by atoms with E-state index in [-0.39, 0.29) is 23.7 Å². The number of hydrogen-bond donors (Lipinski definition) is 0. The highest BCUT2D eigenvalue weighted by Gasteiger charge is 2.48. The lowest BCUT2D eigenvalue weighted by atomic mass is 9.82. The minimum atomic E-state index is -0.419. The lowest BCUT2D eigenvalue weighted by molar-refractivity contribution is -0.0632. The molecule has 2 heterocycles. The number of benzene rings is 2. The third-order valence-electron chi connectivity index (χ3n) is 6.83. The van der Waals surface area contributed by atoms with Crippen LogP contribution >= 0.6 is 0 Å². The molecule has 166 valence electrons. The molecule has 4 rings (SSSR count). The molecule has 1 unspecified atom stereocenters. The molecule has 0 radical (unpaired) electrons. The van der Waals surface area contributed by atoms with Gasteiger partial charge in [-0.3, -0.25) is 4.90 Å². The molecule has 0 spiro atoms. The molecule has 2 aliphatic rings. The first-order valence-electron chi connectivity index (χ1n) is 11.0. The van der Waals surface area contributed by atoms with Gasteiger partial charge < -0.3 is 9.57 Å². The van der Waals surface area contributed by atoms with Crippen LogP contribution in [0.15, 0.2) is 53.7 Å². The van der Waals surface area contributed by atoms with Gasteiger partial charge in [0.15, 0.2) is 0 Å². The molecule has 2 aliphatic heterocycles. The third kappa shape index (κ3) is 4.51. The number of rotatable bonds is 7. The highest BCUT2D eigenvalue weighted by Crippen LogP contribution is 2.43. The minimum absolute atomic E-state index is 0.0670. The topological polar surface area (TPSA) is 34.1 Å². The Bertz CT molecular complexity index is 855. The number of hydrogen-bond acceptors (Lipinski definition) is 4. The zero-order valence-corrected chi connectivity index (χ0v) is 18.3. The number of halogens is 2. The SMILES string of the molecule is CCC(=NOC)[C@H]1[C@H](OC(c2ccc(F)cc2)c2ccc(F)cc2)CC2CC[C@@H]1N2C. The quantitative estimate of drug-likeness (QED) is 0.441. The van der Waals surface area contributed by atoms with E-state index in [0.717, 1.165) is 42.5 Å². The van der Waals surface area contributed by atoms with Crippen molar-refractivity contribution >= 4 is 5.71 Å². The van der Waals surface area contributed by atoms with Crippen molar-refractivity contribution in [2.75, 3.05) is 14.2 Å². The first kappa shape index (κ1) is 21.9. The van der Waals surface area contributed by atoms with Crippen molar-refractivity contribution < 1.29 is 18.4 Å². The molecule has 2 bridgehead atoms. The van der Waals surface area contributed by atoms with Crippen molar-refractivity contribution in [1.82, 2.24) is 4.90 Å². The zero-order chi connectivity index (χ0) is 22.0. The smallest absolute Gasteiger partial charge is 0.123 e. The Morgan fingerprint density at radius 3 is 2.13 bits per heavy atom. The standard InChI is InChI=1S/C25H30F2N2O2/c1-4-21(28-30-3)24-22-14-13-20(29(22)2)15-23(24)31-25(16-5-9-18(26)10-6-16)17-7-11-19(27)12-8-17/h5-12,20,22-25H,4,13-15H2,1-3H3/t20?,22-,23+,24+/m0/s1. The molecule has 0 saturated carbocycles. The molecular formula is C25H30F2N2O2. The van der Waals surface area contributed by atoms with Crippen LogP contribution in [-0.4, -0.2) is 43.0 Å². The fourth-order valence-electron chi connectivity index (χ4n) is 5.28. The van der Waals surface area contributed by atoms with Gasteiger partial charge in [0, 0.05) is 18.0 Å². The van der Waals surface area contributed by atoms with Crippen LogP contribution in [0.4, 0.5) is 8.78 Å². The molecule has 2 fully saturated rings. The Balaban J connectivity index is 1.70. The molecule has 0 amide bonds. The van der Waals surface area contributed by atoms with Gasteiger partial charge in [0.05, 0.1) is 11.8 Å². The molecule has 0 aliphatic carbocycles. The van der Waals surface area contributed by atoms with Gasteiger partial charge in [-0.25, -0.2) is 8.78 Å². The maximum absolute atomic E-state index is 13.6. The van der Waals surface area contributed by atoms with Crippen molar-refractivity contribution in [2.45, 2.75) is 56.9 Å². The van der Waals surface area contributed by atoms with E-state index in [4.69, 9.17) is 9.57 Å². The fraction of sp³-hybridized carbons (Fsp3) is 0.480. The van der Waals surface area contributed by atoms with Crippen LogP contribution in [0, 0.1) is 17.6 Å². The Labute approximate surface area is 182 Å². The summed E-state index contributed by atoms with van der Waals surface area (Å²) >= 11 is 0. The molecule has 31 heavy (non-hydrogen) atoms. The lowest BCUT2D eigenvalue weighted by Crippen LogP contribution is -2.53. The Morgan fingerprint density at radius 1 is 1.03 bits per heavy atom. The second-order valence-corrected chi connectivity index (χ2v) is 8.50. The highest BCUT2D eigenvalue weighted by molar-refractivity contribution is 5.87. The van der Waals surface area contributed by atoms with Crippen LogP contribution < -0.4 is 0 Å². The second kappa shape index (κ2) is 9.45. The summed E-state index contributed by atoms with van der Waals surface area (Å²) in [4.78, 5) is 7.62. The van der Waals surface area contributed by atoms with Gasteiger partial charge in [0.1, 0.15) is 24.8 Å². The summed E-state index contributed by atoms with van der Waals surface area (Å²) in [6.45, 7) is 2.09. The van der Waals surface area contributed by atoms with Crippen molar-refractivity contribution in [3.63, 3.8) is 0 Å². The summed E-state index contributed by atoms with van der Waals surface area (Å²) in [6.07, 6.45) is 3.43. The van der Waals surface area contributed by atoms with Gasteiger partial charge in [0.2, 0.25) is 0 Å². The number of nitrogens with zero attached hydrogens (tertiary/aromatic N) is 2. The molecule has 0 aromatic heterocycles. The molecule has 4 atom stereocenters. The lowest BCUT2D eigenvalue weighted by Gasteiger charge is -2.44. The van der Waals surface area contributed by atoms with E-state index in [0.29, 0.717) is 12.1 Å². The van der Waals surface area contributed by atoms with Crippen LogP contribution in [0.5, 0.6) is 0 Å². The van der Waals surface area contributed by atoms with E-state index in [1.165, 1.54) is 24.3 Å². The number of fused-ring (bicyclic) bond motifs is 2. The summed E-state index contributed by atoms with van der Waals surface area (Å²) in [6, 6.07) is 13.5. The average molecular weight is 429 g/mol. The Kier molecular flexibility index (Phi) is 6.68. The molecule has 2 aromatic carbocycles. The van der Waals surface area contributed by atoms with Gasteiger partial charge in [-0.15, -0.1) is 0 Å². The predicted molar refractivity (Wildman–Crippen MR) is 117 cm³/mol. The molecule has 2 saturated heterocycles. The largest absolute Gasteiger partial charge is 0.399 e. The minimum Gasteiger partial charge on any atom is -0.399 e. The molecular weight excluding hydrogens is 398 g/mol. The molecule has 2 aromatic rings. The number of ether oxygens (including phenoxy) is 1. The van der Waals surface area contributed by atoms with E-state index in [9.17, 15) is 8.78 Å². The summed E-state index contributed by atoms with van der Waals surface area (Å²) in [5.41, 5.74) is 2.70. The number of oxime groups is 1. The number of piperidine rings is 1. The molecule has 6 heteroatoms. The highest BCUT2D eigenvalue weighted by atomic mass is 19.1. The molecule has 4 nitrogen and oxygen atoms in total. The zero-order valence-electron chi connectivity index (χ0n) is 18.3. The summed E-state index contributed by atoms with van der Waals surface area (Å²) in [5, 5.41) is 4.35. The Hall–Kier alpha value is -2.31. The first-order chi connectivity index (χ1) is 15.0. The normalized spacial score (nSPS) is 26.5. The maximum atomic E-state index is 13.6. The Morgan fingerprint density at radius 2 is 1.61 bits per heavy atom. The van der Waals surface area contributed by atoms with Crippen molar-refractivity contribution in [1.29, 1.82) is 0 Å².